The second-order valence-corrected chi connectivity index (χ2v) is 4.85. The molecule has 17 heavy (non-hydrogen) atoms. The van der Waals surface area contributed by atoms with Crippen LogP contribution in [0.4, 0.5) is 11.6 Å². The molecule has 1 fully saturated rings. The molecule has 1 aromatic heterocycles. The predicted molar refractivity (Wildman–Crippen MR) is 73.5 cm³/mol. The van der Waals surface area contributed by atoms with Gasteiger partial charge in [0.15, 0.2) is 0 Å². The highest BCUT2D eigenvalue weighted by molar-refractivity contribution is 5.44. The molecule has 2 rings (SSSR count). The molecule has 0 amide bonds. The van der Waals surface area contributed by atoms with Gasteiger partial charge in [0.25, 0.3) is 0 Å². The first-order chi connectivity index (χ1) is 8.38. The van der Waals surface area contributed by atoms with Crippen molar-refractivity contribution in [1.29, 1.82) is 0 Å². The van der Waals surface area contributed by atoms with Crippen molar-refractivity contribution in [3.05, 3.63) is 18.2 Å². The van der Waals surface area contributed by atoms with Crippen molar-refractivity contribution >= 4 is 11.6 Å². The summed E-state index contributed by atoms with van der Waals surface area (Å²) in [6.07, 6.45) is 6.67. The first-order valence-corrected chi connectivity index (χ1v) is 6.83. The molecule has 0 saturated heterocycles. The minimum atomic E-state index is 0.971. The zero-order valence-electron chi connectivity index (χ0n) is 10.7. The van der Waals surface area contributed by atoms with E-state index in [9.17, 15) is 0 Å². The molecule has 0 bridgehead atoms. The van der Waals surface area contributed by atoms with Crippen molar-refractivity contribution in [2.75, 3.05) is 23.7 Å². The van der Waals surface area contributed by atoms with Crippen molar-refractivity contribution < 1.29 is 0 Å². The number of nitrogens with zero attached hydrogens (tertiary/aromatic N) is 1. The molecule has 3 nitrogen and oxygen atoms in total. The van der Waals surface area contributed by atoms with Gasteiger partial charge in [0.05, 0.1) is 0 Å². The topological polar surface area (TPSA) is 37.0 Å². The SMILES string of the molecule is CCCNc1cccc(NCCCC2CC2)n1. The second kappa shape index (κ2) is 6.48. The highest BCUT2D eigenvalue weighted by atomic mass is 15.1. The summed E-state index contributed by atoms with van der Waals surface area (Å²) in [6.45, 7) is 4.19. The Morgan fingerprint density at radius 2 is 1.88 bits per heavy atom. The minimum absolute atomic E-state index is 0.971. The van der Waals surface area contributed by atoms with Crippen LogP contribution in [0.3, 0.4) is 0 Å². The third kappa shape index (κ3) is 4.63. The molecule has 3 heteroatoms. The van der Waals surface area contributed by atoms with Crippen molar-refractivity contribution in [2.24, 2.45) is 5.92 Å². The van der Waals surface area contributed by atoms with Gasteiger partial charge in [-0.2, -0.15) is 0 Å². The van der Waals surface area contributed by atoms with Crippen LogP contribution in [0.2, 0.25) is 0 Å². The fraction of sp³-hybridized carbons (Fsp3) is 0.643. The maximum Gasteiger partial charge on any atom is 0.128 e. The molecule has 94 valence electrons. The second-order valence-electron chi connectivity index (χ2n) is 4.85. The van der Waals surface area contributed by atoms with E-state index in [1.54, 1.807) is 0 Å². The highest BCUT2D eigenvalue weighted by Gasteiger charge is 2.19. The summed E-state index contributed by atoms with van der Waals surface area (Å²) in [4.78, 5) is 4.52. The largest absolute Gasteiger partial charge is 0.370 e. The Morgan fingerprint density at radius 1 is 1.18 bits per heavy atom. The third-order valence-corrected chi connectivity index (χ3v) is 3.10. The molecular formula is C14H23N3. The standard InChI is InChI=1S/C14H23N3/c1-2-10-15-13-6-3-7-14(17-13)16-11-4-5-12-8-9-12/h3,6-7,12H,2,4-5,8-11H2,1H3,(H2,15,16,17). The van der Waals surface area contributed by atoms with Gasteiger partial charge in [0.1, 0.15) is 11.6 Å². The first kappa shape index (κ1) is 12.2. The van der Waals surface area contributed by atoms with E-state index in [0.29, 0.717) is 0 Å². The molecule has 0 aliphatic heterocycles. The number of pyridine rings is 1. The van der Waals surface area contributed by atoms with Gasteiger partial charge in [0, 0.05) is 13.1 Å². The van der Waals surface area contributed by atoms with E-state index < -0.39 is 0 Å². The van der Waals surface area contributed by atoms with Gasteiger partial charge in [-0.25, -0.2) is 4.98 Å². The molecule has 0 radical (unpaired) electrons. The number of nitrogens with one attached hydrogen (secondary N) is 2. The molecule has 1 aliphatic carbocycles. The maximum atomic E-state index is 4.52. The molecule has 1 aromatic rings. The molecule has 0 spiro atoms. The Labute approximate surface area is 104 Å². The number of hydrogen-bond donors (Lipinski definition) is 2. The lowest BCUT2D eigenvalue weighted by atomic mass is 10.2. The minimum Gasteiger partial charge on any atom is -0.370 e. The molecule has 0 atom stereocenters. The normalized spacial score (nSPS) is 14.6. The van der Waals surface area contributed by atoms with Gasteiger partial charge < -0.3 is 10.6 Å². The van der Waals surface area contributed by atoms with Crippen molar-refractivity contribution in [1.82, 2.24) is 4.98 Å². The average Bonchev–Trinajstić information content (AvgIpc) is 3.17. The lowest BCUT2D eigenvalue weighted by molar-refractivity contribution is 0.686. The third-order valence-electron chi connectivity index (χ3n) is 3.10. The summed E-state index contributed by atoms with van der Waals surface area (Å²) in [5.41, 5.74) is 0. The van der Waals surface area contributed by atoms with E-state index >= 15 is 0 Å². The maximum absolute atomic E-state index is 4.52. The zero-order valence-corrected chi connectivity index (χ0v) is 10.7. The molecule has 1 saturated carbocycles. The van der Waals surface area contributed by atoms with Crippen molar-refractivity contribution in [3.8, 4) is 0 Å². The van der Waals surface area contributed by atoms with Crippen molar-refractivity contribution in [2.45, 2.75) is 39.0 Å². The number of aromatic nitrogens is 1. The van der Waals surface area contributed by atoms with Crippen LogP contribution in [-0.4, -0.2) is 18.1 Å². The smallest absolute Gasteiger partial charge is 0.128 e. The zero-order chi connectivity index (χ0) is 11.9. The number of rotatable bonds is 8. The van der Waals surface area contributed by atoms with E-state index in [-0.39, 0.29) is 0 Å². The van der Waals surface area contributed by atoms with Crippen molar-refractivity contribution in [3.63, 3.8) is 0 Å². The van der Waals surface area contributed by atoms with Crippen LogP contribution >= 0.6 is 0 Å². The Bertz CT molecular complexity index is 334. The van der Waals surface area contributed by atoms with E-state index in [4.69, 9.17) is 0 Å². The molecular weight excluding hydrogens is 210 g/mol. The van der Waals surface area contributed by atoms with Gasteiger partial charge in [-0.05, 0) is 37.3 Å². The predicted octanol–water partition coefficient (Wildman–Crippen LogP) is 3.51. The summed E-state index contributed by atoms with van der Waals surface area (Å²) in [5, 5.41) is 6.70. The van der Waals surface area contributed by atoms with E-state index in [1.165, 1.54) is 25.7 Å². The monoisotopic (exact) mass is 233 g/mol. The van der Waals surface area contributed by atoms with Gasteiger partial charge in [-0.15, -0.1) is 0 Å². The Kier molecular flexibility index (Phi) is 4.65. The summed E-state index contributed by atoms with van der Waals surface area (Å²) in [6, 6.07) is 6.10. The quantitative estimate of drug-likeness (QED) is 0.675. The molecule has 0 aromatic carbocycles. The fourth-order valence-electron chi connectivity index (χ4n) is 1.90. The summed E-state index contributed by atoms with van der Waals surface area (Å²) in [7, 11) is 0. The van der Waals surface area contributed by atoms with Crippen LogP contribution < -0.4 is 10.6 Å². The lowest BCUT2D eigenvalue weighted by Gasteiger charge is -2.08. The Morgan fingerprint density at radius 3 is 2.53 bits per heavy atom. The van der Waals surface area contributed by atoms with Gasteiger partial charge in [-0.1, -0.05) is 25.8 Å². The Balaban J connectivity index is 1.70. The van der Waals surface area contributed by atoms with Gasteiger partial charge in [0.2, 0.25) is 0 Å². The average molecular weight is 233 g/mol. The molecule has 0 unspecified atom stereocenters. The molecule has 2 N–H and O–H groups in total. The van der Waals surface area contributed by atoms with Crippen LogP contribution in [0.5, 0.6) is 0 Å². The van der Waals surface area contributed by atoms with Crippen LogP contribution in [0.25, 0.3) is 0 Å². The van der Waals surface area contributed by atoms with Gasteiger partial charge >= 0.3 is 0 Å². The Hall–Kier alpha value is -1.25. The van der Waals surface area contributed by atoms with Crippen LogP contribution in [0.15, 0.2) is 18.2 Å². The van der Waals surface area contributed by atoms with E-state index in [1.807, 2.05) is 18.2 Å². The van der Waals surface area contributed by atoms with E-state index in [2.05, 4.69) is 22.5 Å². The van der Waals surface area contributed by atoms with Crippen LogP contribution in [0, 0.1) is 5.92 Å². The fourth-order valence-corrected chi connectivity index (χ4v) is 1.90. The molecule has 1 heterocycles. The first-order valence-electron chi connectivity index (χ1n) is 6.83. The van der Waals surface area contributed by atoms with Crippen LogP contribution in [-0.2, 0) is 0 Å². The summed E-state index contributed by atoms with van der Waals surface area (Å²) >= 11 is 0. The number of anilines is 2. The van der Waals surface area contributed by atoms with E-state index in [0.717, 1.165) is 37.1 Å². The summed E-state index contributed by atoms with van der Waals surface area (Å²) in [5.74, 6) is 2.99. The molecule has 1 aliphatic rings. The summed E-state index contributed by atoms with van der Waals surface area (Å²) < 4.78 is 0. The highest BCUT2D eigenvalue weighted by Crippen LogP contribution is 2.33. The van der Waals surface area contributed by atoms with Crippen LogP contribution in [0.1, 0.15) is 39.0 Å². The van der Waals surface area contributed by atoms with Gasteiger partial charge in [-0.3, -0.25) is 0 Å². The lowest BCUT2D eigenvalue weighted by Crippen LogP contribution is -2.06. The number of hydrogen-bond acceptors (Lipinski definition) is 3.